The molecule has 0 bridgehead atoms. The molecule has 0 spiro atoms. The molecule has 2 atom stereocenters. The number of likely N-dealkylation sites (tertiary alicyclic amines) is 1. The van der Waals surface area contributed by atoms with Gasteiger partial charge in [-0.1, -0.05) is 17.7 Å². The van der Waals surface area contributed by atoms with Crippen LogP contribution in [-0.4, -0.2) is 42.7 Å². The number of piperidine rings is 1. The smallest absolute Gasteiger partial charge is 0.309 e. The molecular formula is C16H20N2O3. The van der Waals surface area contributed by atoms with E-state index in [4.69, 9.17) is 10.00 Å². The van der Waals surface area contributed by atoms with Gasteiger partial charge < -0.3 is 9.84 Å². The van der Waals surface area contributed by atoms with Crippen molar-refractivity contribution in [2.75, 3.05) is 26.7 Å². The second kappa shape index (κ2) is 6.59. The number of hydrogen-bond donors (Lipinski definition) is 1. The van der Waals surface area contributed by atoms with Crippen LogP contribution in [0.15, 0.2) is 18.2 Å². The summed E-state index contributed by atoms with van der Waals surface area (Å²) in [6.45, 7) is 3.55. The lowest BCUT2D eigenvalue weighted by Gasteiger charge is -2.36. The van der Waals surface area contributed by atoms with E-state index in [2.05, 4.69) is 6.07 Å². The van der Waals surface area contributed by atoms with E-state index >= 15 is 0 Å². The number of hydrogen-bond acceptors (Lipinski definition) is 5. The van der Waals surface area contributed by atoms with Gasteiger partial charge in [0.25, 0.3) is 0 Å². The van der Waals surface area contributed by atoms with Crippen molar-refractivity contribution in [1.29, 1.82) is 5.26 Å². The summed E-state index contributed by atoms with van der Waals surface area (Å²) < 4.78 is 4.90. The highest BCUT2D eigenvalue weighted by molar-refractivity contribution is 5.74. The number of esters is 1. The summed E-state index contributed by atoms with van der Waals surface area (Å²) in [5.41, 5.74) is 1.79. The molecule has 0 aliphatic carbocycles. The standard InChI is InChI=1S/C16H20N2O3/c1-11-3-4-15(19)13(9-11)14-10-18(8-6-17)7-5-12(14)16(20)21-2/h3-4,9,12,14,19H,5,7-8,10H2,1-2H3. The number of aryl methyl sites for hydroxylation is 1. The first-order chi connectivity index (χ1) is 10.1. The lowest BCUT2D eigenvalue weighted by molar-refractivity contribution is -0.147. The summed E-state index contributed by atoms with van der Waals surface area (Å²) in [6, 6.07) is 7.54. The zero-order valence-corrected chi connectivity index (χ0v) is 12.4. The number of nitriles is 1. The first kappa shape index (κ1) is 15.3. The predicted molar refractivity (Wildman–Crippen MR) is 77.8 cm³/mol. The Hall–Kier alpha value is -2.06. The van der Waals surface area contributed by atoms with Gasteiger partial charge in [0.1, 0.15) is 5.75 Å². The van der Waals surface area contributed by atoms with Crippen molar-refractivity contribution in [2.24, 2.45) is 5.92 Å². The fourth-order valence-corrected chi connectivity index (χ4v) is 2.98. The van der Waals surface area contributed by atoms with E-state index < -0.39 is 0 Å². The number of phenols is 1. The molecule has 1 heterocycles. The summed E-state index contributed by atoms with van der Waals surface area (Å²) in [4.78, 5) is 14.0. The van der Waals surface area contributed by atoms with Crippen molar-refractivity contribution in [3.05, 3.63) is 29.3 Å². The van der Waals surface area contributed by atoms with Crippen molar-refractivity contribution in [3.8, 4) is 11.8 Å². The van der Waals surface area contributed by atoms with Crippen LogP contribution in [0.25, 0.3) is 0 Å². The van der Waals surface area contributed by atoms with Gasteiger partial charge in [0.05, 0.1) is 25.6 Å². The molecule has 1 saturated heterocycles. The maximum Gasteiger partial charge on any atom is 0.309 e. The van der Waals surface area contributed by atoms with E-state index in [1.807, 2.05) is 24.0 Å². The van der Waals surface area contributed by atoms with Crippen LogP contribution in [0.2, 0.25) is 0 Å². The average molecular weight is 288 g/mol. The van der Waals surface area contributed by atoms with E-state index in [0.717, 1.165) is 11.1 Å². The molecule has 1 aromatic carbocycles. The Labute approximate surface area is 124 Å². The Morgan fingerprint density at radius 2 is 2.33 bits per heavy atom. The van der Waals surface area contributed by atoms with E-state index in [1.165, 1.54) is 7.11 Å². The van der Waals surface area contributed by atoms with Crippen LogP contribution in [0.4, 0.5) is 0 Å². The number of carbonyl (C=O) groups excluding carboxylic acids is 1. The molecule has 0 radical (unpaired) electrons. The molecule has 0 saturated carbocycles. The predicted octanol–water partition coefficient (Wildman–Crippen LogP) is 1.80. The normalized spacial score (nSPS) is 22.5. The Bertz CT molecular complexity index is 565. The number of rotatable bonds is 3. The highest BCUT2D eigenvalue weighted by Gasteiger charge is 2.37. The maximum absolute atomic E-state index is 12.0. The first-order valence-corrected chi connectivity index (χ1v) is 7.03. The quantitative estimate of drug-likeness (QED) is 0.678. The summed E-state index contributed by atoms with van der Waals surface area (Å²) in [7, 11) is 1.39. The third-order valence-corrected chi connectivity index (χ3v) is 4.08. The number of methoxy groups -OCH3 is 1. The monoisotopic (exact) mass is 288 g/mol. The SMILES string of the molecule is COC(=O)C1CCN(CC#N)CC1c1cc(C)ccc1O. The molecule has 0 aromatic heterocycles. The van der Waals surface area contributed by atoms with Crippen LogP contribution in [0.1, 0.15) is 23.5 Å². The van der Waals surface area contributed by atoms with Gasteiger partial charge >= 0.3 is 5.97 Å². The molecule has 1 aliphatic heterocycles. The van der Waals surface area contributed by atoms with Crippen molar-refractivity contribution in [1.82, 2.24) is 4.90 Å². The van der Waals surface area contributed by atoms with Crippen LogP contribution in [0.5, 0.6) is 5.75 Å². The zero-order chi connectivity index (χ0) is 15.4. The summed E-state index contributed by atoms with van der Waals surface area (Å²) in [6.07, 6.45) is 0.631. The lowest BCUT2D eigenvalue weighted by Crippen LogP contribution is -2.42. The number of aromatic hydroxyl groups is 1. The molecule has 5 nitrogen and oxygen atoms in total. The average Bonchev–Trinajstić information content (AvgIpc) is 2.49. The lowest BCUT2D eigenvalue weighted by atomic mass is 9.80. The number of benzene rings is 1. The third-order valence-electron chi connectivity index (χ3n) is 4.08. The highest BCUT2D eigenvalue weighted by atomic mass is 16.5. The van der Waals surface area contributed by atoms with Gasteiger partial charge in [0.2, 0.25) is 0 Å². The van der Waals surface area contributed by atoms with Crippen LogP contribution < -0.4 is 0 Å². The van der Waals surface area contributed by atoms with Gasteiger partial charge in [-0.05, 0) is 25.0 Å². The number of phenolic OH excluding ortho intramolecular Hbond substituents is 1. The Morgan fingerprint density at radius 1 is 1.57 bits per heavy atom. The Balaban J connectivity index is 2.34. The second-order valence-corrected chi connectivity index (χ2v) is 5.48. The molecule has 2 unspecified atom stereocenters. The van der Waals surface area contributed by atoms with Gasteiger partial charge in [-0.15, -0.1) is 0 Å². The second-order valence-electron chi connectivity index (χ2n) is 5.48. The Morgan fingerprint density at radius 3 is 3.00 bits per heavy atom. The van der Waals surface area contributed by atoms with Crippen LogP contribution in [0.3, 0.4) is 0 Å². The maximum atomic E-state index is 12.0. The first-order valence-electron chi connectivity index (χ1n) is 7.03. The molecule has 112 valence electrons. The Kier molecular flexibility index (Phi) is 4.81. The number of nitrogens with zero attached hydrogens (tertiary/aromatic N) is 2. The largest absolute Gasteiger partial charge is 0.508 e. The highest BCUT2D eigenvalue weighted by Crippen LogP contribution is 2.37. The summed E-state index contributed by atoms with van der Waals surface area (Å²) in [5, 5.41) is 19.0. The fourth-order valence-electron chi connectivity index (χ4n) is 2.98. The van der Waals surface area contributed by atoms with Gasteiger partial charge in [0.15, 0.2) is 0 Å². The third kappa shape index (κ3) is 3.34. The molecule has 1 fully saturated rings. The molecule has 1 N–H and O–H groups in total. The van der Waals surface area contributed by atoms with Crippen LogP contribution in [0, 0.1) is 24.2 Å². The van der Waals surface area contributed by atoms with Gasteiger partial charge in [0, 0.05) is 19.0 Å². The van der Waals surface area contributed by atoms with Gasteiger partial charge in [-0.3, -0.25) is 9.69 Å². The molecule has 0 amide bonds. The molecule has 1 aliphatic rings. The van der Waals surface area contributed by atoms with Crippen LogP contribution in [-0.2, 0) is 9.53 Å². The van der Waals surface area contributed by atoms with Crippen molar-refractivity contribution >= 4 is 5.97 Å². The molecule has 5 heteroatoms. The minimum Gasteiger partial charge on any atom is -0.508 e. The van der Waals surface area contributed by atoms with Crippen molar-refractivity contribution in [3.63, 3.8) is 0 Å². The van der Waals surface area contributed by atoms with E-state index in [-0.39, 0.29) is 23.6 Å². The summed E-state index contributed by atoms with van der Waals surface area (Å²) in [5.74, 6) is -0.493. The van der Waals surface area contributed by atoms with Gasteiger partial charge in [-0.2, -0.15) is 5.26 Å². The van der Waals surface area contributed by atoms with E-state index in [0.29, 0.717) is 26.1 Å². The molecule has 2 rings (SSSR count). The number of carbonyl (C=O) groups is 1. The zero-order valence-electron chi connectivity index (χ0n) is 12.4. The minimum atomic E-state index is -0.280. The number of ether oxygens (including phenoxy) is 1. The topological polar surface area (TPSA) is 73.6 Å². The van der Waals surface area contributed by atoms with Crippen LogP contribution >= 0.6 is 0 Å². The van der Waals surface area contributed by atoms with E-state index in [9.17, 15) is 9.90 Å². The van der Waals surface area contributed by atoms with Crippen molar-refractivity contribution in [2.45, 2.75) is 19.3 Å². The summed E-state index contributed by atoms with van der Waals surface area (Å²) >= 11 is 0. The molecule has 1 aromatic rings. The van der Waals surface area contributed by atoms with Gasteiger partial charge in [-0.25, -0.2) is 0 Å². The molecular weight excluding hydrogens is 268 g/mol. The van der Waals surface area contributed by atoms with E-state index in [1.54, 1.807) is 6.07 Å². The minimum absolute atomic E-state index is 0.153. The fraction of sp³-hybridized carbons (Fsp3) is 0.500. The van der Waals surface area contributed by atoms with Crippen molar-refractivity contribution < 1.29 is 14.6 Å². The molecule has 21 heavy (non-hydrogen) atoms.